The summed E-state index contributed by atoms with van der Waals surface area (Å²) in [7, 11) is 0.456. The third kappa shape index (κ3) is 3.41. The van der Waals surface area contributed by atoms with Crippen molar-refractivity contribution in [2.24, 2.45) is 0 Å². The summed E-state index contributed by atoms with van der Waals surface area (Å²) in [5.74, 6) is 0.335. The van der Waals surface area contributed by atoms with Crippen molar-refractivity contribution in [3.8, 4) is 0 Å². The highest BCUT2D eigenvalue weighted by atomic mass is 32.2. The summed E-state index contributed by atoms with van der Waals surface area (Å²) >= 11 is 0. The van der Waals surface area contributed by atoms with Gasteiger partial charge in [-0.15, -0.1) is 0 Å². The van der Waals surface area contributed by atoms with Crippen LogP contribution >= 0.6 is 0 Å². The van der Waals surface area contributed by atoms with Gasteiger partial charge in [-0.25, -0.2) is 23.1 Å². The minimum atomic E-state index is -3.10. The maximum atomic E-state index is 13.6. The first-order chi connectivity index (χ1) is 13.2. The topological polar surface area (TPSA) is 88.4 Å². The molecule has 1 aliphatic carbocycles. The molecule has 28 heavy (non-hydrogen) atoms. The average Bonchev–Trinajstić information content (AvgIpc) is 3.27. The number of fused-ring (bicyclic) bond motifs is 1. The third-order valence-electron chi connectivity index (χ3n) is 5.50. The third-order valence-corrected chi connectivity index (χ3v) is 7.25. The molecule has 0 aromatic carbocycles. The zero-order chi connectivity index (χ0) is 20.2. The molecule has 2 aliphatic rings. The Morgan fingerprint density at radius 2 is 1.96 bits per heavy atom. The van der Waals surface area contributed by atoms with Crippen LogP contribution in [-0.2, 0) is 9.84 Å². The van der Waals surface area contributed by atoms with Gasteiger partial charge in [0.05, 0.1) is 34.7 Å². The Bertz CT molecular complexity index is 1020. The van der Waals surface area contributed by atoms with Crippen LogP contribution in [0, 0.1) is 0 Å². The average molecular weight is 406 g/mol. The Morgan fingerprint density at radius 1 is 1.25 bits per heavy atom. The van der Waals surface area contributed by atoms with E-state index >= 15 is 0 Å². The summed E-state index contributed by atoms with van der Waals surface area (Å²) in [6.07, 6.45) is 4.33. The van der Waals surface area contributed by atoms with Gasteiger partial charge < -0.3 is 0 Å². The number of sulfone groups is 1. The van der Waals surface area contributed by atoms with Crippen LogP contribution in [0.5, 0.6) is 0 Å². The van der Waals surface area contributed by atoms with E-state index in [4.69, 9.17) is 4.98 Å². The highest BCUT2D eigenvalue weighted by Gasteiger charge is 2.37. The second kappa shape index (κ2) is 6.81. The summed E-state index contributed by atoms with van der Waals surface area (Å²) in [5.41, 5.74) is 2.20. The van der Waals surface area contributed by atoms with Crippen LogP contribution in [0.15, 0.2) is 12.3 Å². The molecule has 2 aromatic heterocycles. The van der Waals surface area contributed by atoms with E-state index in [0.717, 1.165) is 29.6 Å². The molecule has 1 amide bonds. The summed E-state index contributed by atoms with van der Waals surface area (Å²) in [4.78, 5) is 18.4. The summed E-state index contributed by atoms with van der Waals surface area (Å²) in [6.45, 7) is 4.07. The van der Waals surface area contributed by atoms with E-state index in [2.05, 4.69) is 5.10 Å². The van der Waals surface area contributed by atoms with E-state index in [1.165, 1.54) is 0 Å². The zero-order valence-electron chi connectivity index (χ0n) is 16.8. The van der Waals surface area contributed by atoms with Crippen molar-refractivity contribution >= 4 is 26.8 Å². The Hall–Kier alpha value is -2.00. The molecule has 1 aliphatic heterocycles. The first-order valence-electron chi connectivity index (χ1n) is 9.77. The van der Waals surface area contributed by atoms with Crippen LogP contribution in [-0.4, -0.2) is 70.8 Å². The fourth-order valence-corrected chi connectivity index (χ4v) is 5.64. The zero-order valence-corrected chi connectivity index (χ0v) is 17.6. The van der Waals surface area contributed by atoms with Crippen LogP contribution in [0.4, 0.5) is 0 Å². The molecule has 0 radical (unpaired) electrons. The molecule has 9 heteroatoms. The van der Waals surface area contributed by atoms with Crippen molar-refractivity contribution in [3.63, 3.8) is 0 Å². The quantitative estimate of drug-likeness (QED) is 0.707. The molecule has 2 aromatic rings. The molecule has 0 bridgehead atoms. The minimum Gasteiger partial charge on any atom is -0.268 e. The minimum absolute atomic E-state index is 0.00584. The van der Waals surface area contributed by atoms with Gasteiger partial charge in [0.25, 0.3) is 5.91 Å². The SMILES string of the molecule is CC(C)n1ncc2c(C(=O)N(C3CCS(=O)(=O)C3)N(C)C)cc(C3CC3)nc21. The second-order valence-electron chi connectivity index (χ2n) is 8.34. The van der Waals surface area contributed by atoms with Gasteiger partial charge in [0, 0.05) is 31.7 Å². The molecule has 3 heterocycles. The van der Waals surface area contributed by atoms with E-state index in [-0.39, 0.29) is 29.5 Å². The van der Waals surface area contributed by atoms with Crippen molar-refractivity contribution in [3.05, 3.63) is 23.5 Å². The summed E-state index contributed by atoms with van der Waals surface area (Å²) < 4.78 is 25.8. The molecular weight excluding hydrogens is 378 g/mol. The van der Waals surface area contributed by atoms with Gasteiger partial charge in [0.1, 0.15) is 0 Å². The van der Waals surface area contributed by atoms with Gasteiger partial charge in [0.15, 0.2) is 15.5 Å². The number of aromatic nitrogens is 3. The number of amides is 1. The number of pyridine rings is 1. The number of nitrogens with zero attached hydrogens (tertiary/aromatic N) is 5. The molecule has 8 nitrogen and oxygen atoms in total. The summed E-state index contributed by atoms with van der Waals surface area (Å²) in [6, 6.07) is 1.67. The summed E-state index contributed by atoms with van der Waals surface area (Å²) in [5, 5.41) is 8.46. The van der Waals surface area contributed by atoms with Crippen LogP contribution in [0.2, 0.25) is 0 Å². The Labute approximate surface area is 165 Å². The van der Waals surface area contributed by atoms with Crippen molar-refractivity contribution in [2.75, 3.05) is 25.6 Å². The van der Waals surface area contributed by atoms with Gasteiger partial charge >= 0.3 is 0 Å². The van der Waals surface area contributed by atoms with Crippen molar-refractivity contribution in [1.29, 1.82) is 0 Å². The van der Waals surface area contributed by atoms with Crippen LogP contribution in [0.1, 0.15) is 61.1 Å². The molecular formula is C19H27N5O3S. The molecule has 152 valence electrons. The molecule has 1 saturated heterocycles. The smallest absolute Gasteiger partial charge is 0.268 e. The predicted octanol–water partition coefficient (Wildman–Crippen LogP) is 2.00. The fraction of sp³-hybridized carbons (Fsp3) is 0.632. The van der Waals surface area contributed by atoms with Gasteiger partial charge in [0.2, 0.25) is 0 Å². The monoisotopic (exact) mass is 405 g/mol. The van der Waals surface area contributed by atoms with E-state index < -0.39 is 9.84 Å². The van der Waals surface area contributed by atoms with Crippen LogP contribution in [0.3, 0.4) is 0 Å². The van der Waals surface area contributed by atoms with Crippen LogP contribution < -0.4 is 0 Å². The van der Waals surface area contributed by atoms with E-state index in [9.17, 15) is 13.2 Å². The van der Waals surface area contributed by atoms with E-state index in [0.29, 0.717) is 17.9 Å². The normalized spacial score (nSPS) is 21.7. The Kier molecular flexibility index (Phi) is 4.70. The Morgan fingerprint density at radius 3 is 2.50 bits per heavy atom. The van der Waals surface area contributed by atoms with Gasteiger partial charge in [-0.1, -0.05) is 0 Å². The molecule has 1 saturated carbocycles. The maximum Gasteiger partial charge on any atom is 0.269 e. The number of hydrazine groups is 1. The lowest BCUT2D eigenvalue weighted by Gasteiger charge is -2.34. The van der Waals surface area contributed by atoms with Gasteiger partial charge in [-0.2, -0.15) is 5.10 Å². The number of hydrogen-bond donors (Lipinski definition) is 0. The number of rotatable bonds is 5. The predicted molar refractivity (Wildman–Crippen MR) is 107 cm³/mol. The second-order valence-corrected chi connectivity index (χ2v) is 10.6. The van der Waals surface area contributed by atoms with E-state index in [1.807, 2.05) is 24.6 Å². The van der Waals surface area contributed by atoms with Crippen molar-refractivity contribution < 1.29 is 13.2 Å². The first kappa shape index (κ1) is 19.3. The van der Waals surface area contributed by atoms with Gasteiger partial charge in [-0.05, 0) is 39.2 Å². The molecule has 1 atom stereocenters. The van der Waals surface area contributed by atoms with Gasteiger partial charge in [-0.3, -0.25) is 9.80 Å². The molecule has 1 unspecified atom stereocenters. The van der Waals surface area contributed by atoms with Crippen molar-refractivity contribution in [2.45, 2.75) is 51.1 Å². The standard InChI is InChI=1S/C19H27N5O3S/c1-12(2)23-18-16(10-20-23)15(9-17(21-18)13-5-6-13)19(25)24(22(3)4)14-7-8-28(26,27)11-14/h9-10,12-14H,5-8,11H2,1-4H3. The maximum absolute atomic E-state index is 13.6. The molecule has 2 fully saturated rings. The first-order valence-corrected chi connectivity index (χ1v) is 11.6. The molecule has 0 N–H and O–H groups in total. The fourth-order valence-electron chi connectivity index (χ4n) is 3.95. The molecule has 4 rings (SSSR count). The van der Waals surface area contributed by atoms with Crippen molar-refractivity contribution in [1.82, 2.24) is 24.8 Å². The Balaban J connectivity index is 1.81. The number of carbonyl (C=O) groups is 1. The highest BCUT2D eigenvalue weighted by Crippen LogP contribution is 2.40. The number of carbonyl (C=O) groups excluding carboxylic acids is 1. The highest BCUT2D eigenvalue weighted by molar-refractivity contribution is 7.91. The van der Waals surface area contributed by atoms with E-state index in [1.54, 1.807) is 30.3 Å². The lowest BCUT2D eigenvalue weighted by Crippen LogP contribution is -2.49. The molecule has 0 spiro atoms. The lowest BCUT2D eigenvalue weighted by atomic mass is 10.1. The van der Waals surface area contributed by atoms with Crippen LogP contribution in [0.25, 0.3) is 11.0 Å². The number of hydrogen-bond acceptors (Lipinski definition) is 6. The lowest BCUT2D eigenvalue weighted by molar-refractivity contribution is 0.00118. The largest absolute Gasteiger partial charge is 0.269 e.